The number of halogens is 10. The Labute approximate surface area is 344 Å². The fourth-order valence-electron chi connectivity index (χ4n) is 7.06. The predicted octanol–water partition coefficient (Wildman–Crippen LogP) is 13.0. The lowest BCUT2D eigenvalue weighted by atomic mass is 9.84. The average molecular weight is 851 g/mol. The summed E-state index contributed by atoms with van der Waals surface area (Å²) in [6.07, 6.45) is -10.4. The Hall–Kier alpha value is -4.50. The number of hydrogen-bond acceptors (Lipinski definition) is 3. The molecule has 324 valence electrons. The highest BCUT2D eigenvalue weighted by Gasteiger charge is 2.60. The summed E-state index contributed by atoms with van der Waals surface area (Å²) in [7, 11) is -2.61. The number of rotatable bonds is 11. The summed E-state index contributed by atoms with van der Waals surface area (Å²) in [4.78, 5) is 0. The largest absolute Gasteiger partial charge is 0.598 e. The molecule has 1 unspecified atom stereocenters. The van der Waals surface area contributed by atoms with Gasteiger partial charge in [-0.15, -0.1) is 0 Å². The first-order chi connectivity index (χ1) is 27.4. The topological polar surface area (TPSA) is 35.4 Å². The van der Waals surface area contributed by atoms with E-state index in [4.69, 9.17) is 9.31 Å². The van der Waals surface area contributed by atoms with E-state index in [1.165, 1.54) is 13.0 Å². The summed E-state index contributed by atoms with van der Waals surface area (Å²) in [5, 5.41) is 3.38. The van der Waals surface area contributed by atoms with Gasteiger partial charge in [0.05, 0.1) is 0 Å². The third-order valence-corrected chi connectivity index (χ3v) is 10.4. The quantitative estimate of drug-likeness (QED) is 0.121. The molecule has 3 aromatic carbocycles. The lowest BCUT2D eigenvalue weighted by Crippen LogP contribution is -2.48. The zero-order valence-corrected chi connectivity index (χ0v) is 35.1. The van der Waals surface area contributed by atoms with E-state index in [9.17, 15) is 43.9 Å². The van der Waals surface area contributed by atoms with Crippen LogP contribution in [0.3, 0.4) is 0 Å². The molecule has 0 saturated heterocycles. The van der Waals surface area contributed by atoms with Gasteiger partial charge >= 0.3 is 31.5 Å². The zero-order chi connectivity index (χ0) is 45.0. The first-order valence-corrected chi connectivity index (χ1v) is 19.3. The van der Waals surface area contributed by atoms with Crippen LogP contribution in [-0.4, -0.2) is 55.2 Å². The van der Waals surface area contributed by atoms with E-state index in [-0.39, 0.29) is 28.3 Å². The molecule has 0 bridgehead atoms. The molecule has 1 aliphatic rings. The van der Waals surface area contributed by atoms with Crippen molar-refractivity contribution >= 4 is 12.8 Å². The predicted molar refractivity (Wildman–Crippen MR) is 216 cm³/mol. The summed E-state index contributed by atoms with van der Waals surface area (Å²) in [5.41, 5.74) is 7.45. The molecule has 4 aromatic rings. The second-order valence-corrected chi connectivity index (χ2v) is 17.5. The molecule has 2 heterocycles. The van der Waals surface area contributed by atoms with E-state index in [0.29, 0.717) is 28.0 Å². The van der Waals surface area contributed by atoms with Crippen LogP contribution >= 0.6 is 0 Å². The summed E-state index contributed by atoms with van der Waals surface area (Å²) in [5.74, 6) is -11.0. The zero-order valence-electron chi connectivity index (χ0n) is 35.1. The highest BCUT2D eigenvalue weighted by atomic mass is 19.4. The molecule has 1 aromatic heterocycles. The van der Waals surface area contributed by atoms with Gasteiger partial charge in [-0.25, -0.2) is 0 Å². The highest BCUT2D eigenvalue weighted by Crippen LogP contribution is 2.42. The van der Waals surface area contributed by atoms with E-state index in [1.54, 1.807) is 13.8 Å². The van der Waals surface area contributed by atoms with Crippen molar-refractivity contribution in [2.45, 2.75) is 110 Å². The number of hydrogen-bond donors (Lipinski definition) is 1. The van der Waals surface area contributed by atoms with Gasteiger partial charge in [0.2, 0.25) is 0 Å². The fraction of sp³-hybridized carbons (Fsp3) is 0.422. The van der Waals surface area contributed by atoms with Gasteiger partial charge in [0.15, 0.2) is 0 Å². The standard InChI is InChI=1S/C45H49BF10N2O2/c1-26-19-28(3)57-38(26)37(39-27(2)20-29(4)58(39)46(59-24-42(47,48)44(51,52)53)60-25-43(49,50)45(54,55)56)34-22-32(30-11-15-35(16-12-30)40(5,6)7)21-33(23-34)31-13-17-36(18-14-31)41(8,9)10/h11-23,28,57H,24-25H2,1-10H3/b38-37-. The van der Waals surface area contributed by atoms with Gasteiger partial charge in [-0.1, -0.05) is 96.1 Å². The van der Waals surface area contributed by atoms with Gasteiger partial charge in [0.25, 0.3) is 0 Å². The van der Waals surface area contributed by atoms with E-state index < -0.39 is 44.7 Å². The summed E-state index contributed by atoms with van der Waals surface area (Å²) in [6, 6.07) is 22.9. The molecule has 1 atom stereocenters. The van der Waals surface area contributed by atoms with Gasteiger partial charge in [-0.05, 0) is 113 Å². The first kappa shape index (κ1) is 46.6. The number of benzene rings is 3. The third kappa shape index (κ3) is 9.99. The van der Waals surface area contributed by atoms with Crippen LogP contribution in [0.4, 0.5) is 43.9 Å². The third-order valence-electron chi connectivity index (χ3n) is 10.4. The van der Waals surface area contributed by atoms with Crippen LogP contribution in [0.5, 0.6) is 0 Å². The number of nitrogens with zero attached hydrogens (tertiary/aromatic N) is 1. The summed E-state index contributed by atoms with van der Waals surface area (Å²) >= 11 is 0. The Morgan fingerprint density at radius 3 is 1.38 bits per heavy atom. The van der Waals surface area contributed by atoms with Crippen LogP contribution < -0.4 is 5.32 Å². The average Bonchev–Trinajstić information content (AvgIpc) is 3.61. The second kappa shape index (κ2) is 16.4. The van der Waals surface area contributed by atoms with Gasteiger partial charge < -0.3 is 19.1 Å². The van der Waals surface area contributed by atoms with Crippen molar-refractivity contribution in [2.75, 3.05) is 13.2 Å². The van der Waals surface area contributed by atoms with Crippen molar-refractivity contribution in [1.29, 1.82) is 0 Å². The van der Waals surface area contributed by atoms with Crippen molar-refractivity contribution in [1.82, 2.24) is 9.79 Å². The minimum atomic E-state index is -6.14. The molecular weight excluding hydrogens is 801 g/mol. The number of aromatic nitrogens is 1. The van der Waals surface area contributed by atoms with Gasteiger partial charge in [0.1, 0.15) is 13.2 Å². The van der Waals surface area contributed by atoms with Crippen molar-refractivity contribution in [3.05, 3.63) is 124 Å². The van der Waals surface area contributed by atoms with Crippen LogP contribution in [0.1, 0.15) is 89.0 Å². The molecule has 0 fully saturated rings. The molecule has 0 radical (unpaired) electrons. The minimum absolute atomic E-state index is 0.0517. The number of nitrogens with one attached hydrogen (secondary N) is 1. The van der Waals surface area contributed by atoms with Crippen molar-refractivity contribution < 1.29 is 53.2 Å². The Morgan fingerprint density at radius 2 is 1.03 bits per heavy atom. The summed E-state index contributed by atoms with van der Waals surface area (Å²) in [6.45, 7) is 14.2. The lowest BCUT2D eigenvalue weighted by molar-refractivity contribution is -0.295. The van der Waals surface area contributed by atoms with Gasteiger partial charge in [0, 0.05) is 28.7 Å². The maximum absolute atomic E-state index is 14.4. The number of allylic oxidation sites excluding steroid dienone is 1. The number of aryl methyl sites for hydroxylation is 2. The van der Waals surface area contributed by atoms with Crippen LogP contribution in [-0.2, 0) is 20.1 Å². The van der Waals surface area contributed by atoms with Gasteiger partial charge in [-0.3, -0.25) is 0 Å². The molecule has 60 heavy (non-hydrogen) atoms. The Kier molecular flexibility index (Phi) is 12.7. The molecular formula is C45H49BF10N2O2. The molecule has 1 N–H and O–H groups in total. The maximum Gasteiger partial charge on any atom is 0.598 e. The van der Waals surface area contributed by atoms with Crippen LogP contribution in [0.15, 0.2) is 90.1 Å². The molecule has 15 heteroatoms. The minimum Gasteiger partial charge on any atom is -0.385 e. The van der Waals surface area contributed by atoms with Crippen LogP contribution in [0.25, 0.3) is 27.8 Å². The van der Waals surface area contributed by atoms with Crippen molar-refractivity contribution in [3.8, 4) is 22.3 Å². The second-order valence-electron chi connectivity index (χ2n) is 17.5. The van der Waals surface area contributed by atoms with Gasteiger partial charge in [-0.2, -0.15) is 43.9 Å². The maximum atomic E-state index is 14.4. The molecule has 0 spiro atoms. The first-order valence-electron chi connectivity index (χ1n) is 19.3. The van der Waals surface area contributed by atoms with Crippen LogP contribution in [0.2, 0.25) is 0 Å². The molecule has 0 aliphatic carbocycles. The fourth-order valence-corrected chi connectivity index (χ4v) is 7.06. The van der Waals surface area contributed by atoms with E-state index in [2.05, 4.69) is 46.9 Å². The Bertz CT molecular complexity index is 2130. The van der Waals surface area contributed by atoms with Crippen molar-refractivity contribution in [3.63, 3.8) is 0 Å². The molecule has 1 aliphatic heterocycles. The van der Waals surface area contributed by atoms with E-state index in [1.807, 2.05) is 79.7 Å². The van der Waals surface area contributed by atoms with Crippen molar-refractivity contribution in [2.24, 2.45) is 0 Å². The summed E-state index contributed by atoms with van der Waals surface area (Å²) < 4.78 is 148. The molecule has 4 nitrogen and oxygen atoms in total. The van der Waals surface area contributed by atoms with Crippen LogP contribution in [0, 0.1) is 13.8 Å². The molecule has 0 amide bonds. The highest BCUT2D eigenvalue weighted by molar-refractivity contribution is 6.43. The monoisotopic (exact) mass is 850 g/mol. The Morgan fingerprint density at radius 1 is 0.617 bits per heavy atom. The van der Waals surface area contributed by atoms with E-state index in [0.717, 1.165) is 37.9 Å². The molecule has 5 rings (SSSR count). The van der Waals surface area contributed by atoms with E-state index >= 15 is 0 Å². The Balaban J connectivity index is 1.81. The smallest absolute Gasteiger partial charge is 0.385 e. The molecule has 0 saturated carbocycles. The number of alkyl halides is 10. The SMILES string of the molecule is CC1=CC(C)N/C1=C(/c1cc(-c2ccc(C(C)(C)C)cc2)cc(-c2ccc(C(C)(C)C)cc2)c1)c1c(C)cc(C)n1B(OCC(F)(F)C(F)(F)F)OCC(F)(F)C(F)(F)F. The lowest BCUT2D eigenvalue weighted by Gasteiger charge is -2.27. The normalized spacial score (nSPS) is 16.5.